The molecule has 0 aromatic heterocycles. The normalized spacial score (nSPS) is 46.5. The molecule has 4 rings (SSSR count). The summed E-state index contributed by atoms with van der Waals surface area (Å²) in [6, 6.07) is 0. The molecule has 0 radical (unpaired) electrons. The fourth-order valence-electron chi connectivity index (χ4n) is 7.97. The predicted octanol–water partition coefficient (Wildman–Crippen LogP) is 4.26. The number of hydrogen-bond acceptors (Lipinski definition) is 5. The molecule has 3 saturated carbocycles. The summed E-state index contributed by atoms with van der Waals surface area (Å²) < 4.78 is 36.2. The van der Waals surface area contributed by atoms with Crippen molar-refractivity contribution in [2.24, 2.45) is 34.5 Å². The van der Waals surface area contributed by atoms with Gasteiger partial charge in [0.2, 0.25) is 5.78 Å². The zero-order chi connectivity index (χ0) is 24.5. The van der Waals surface area contributed by atoms with E-state index in [1.165, 1.54) is 6.08 Å². The first kappa shape index (κ1) is 24.5. The molecule has 0 unspecified atom stereocenters. The van der Waals surface area contributed by atoms with Gasteiger partial charge in [-0.25, -0.2) is 8.78 Å². The molecule has 0 amide bonds. The number of carbonyl (C=O) groups excluding carboxylic acids is 3. The summed E-state index contributed by atoms with van der Waals surface area (Å²) in [4.78, 5) is 37.7. The van der Waals surface area contributed by atoms with Crippen LogP contribution in [0, 0.1) is 34.5 Å². The van der Waals surface area contributed by atoms with Crippen molar-refractivity contribution < 1.29 is 33.0 Å². The van der Waals surface area contributed by atoms with Crippen molar-refractivity contribution in [2.75, 3.05) is 5.88 Å². The van der Waals surface area contributed by atoms with Crippen molar-refractivity contribution in [1.29, 1.82) is 0 Å². The summed E-state index contributed by atoms with van der Waals surface area (Å²) in [6.45, 7) is 6.98. The Morgan fingerprint density at radius 2 is 1.97 bits per heavy atom. The lowest BCUT2D eigenvalue weighted by molar-refractivity contribution is -0.204. The predicted molar refractivity (Wildman–Crippen MR) is 118 cm³/mol. The zero-order valence-electron chi connectivity index (χ0n) is 19.4. The van der Waals surface area contributed by atoms with Crippen molar-refractivity contribution in [2.45, 2.75) is 71.3 Å². The molecule has 0 bridgehead atoms. The fraction of sp³-hybridized carbons (Fsp3) is 0.720. The first-order valence-corrected chi connectivity index (χ1v) is 12.2. The van der Waals surface area contributed by atoms with E-state index >= 15 is 4.39 Å². The fourth-order valence-corrected chi connectivity index (χ4v) is 8.17. The van der Waals surface area contributed by atoms with Crippen molar-refractivity contribution >= 4 is 29.1 Å². The van der Waals surface area contributed by atoms with E-state index in [0.29, 0.717) is 6.42 Å². The van der Waals surface area contributed by atoms with Gasteiger partial charge in [0.05, 0.1) is 12.0 Å². The molecular formula is C25H31ClF2O5. The Morgan fingerprint density at radius 1 is 1.30 bits per heavy atom. The number of esters is 1. The molecule has 33 heavy (non-hydrogen) atoms. The van der Waals surface area contributed by atoms with Gasteiger partial charge in [0, 0.05) is 34.7 Å². The van der Waals surface area contributed by atoms with E-state index in [1.807, 2.05) is 13.8 Å². The Balaban J connectivity index is 1.85. The largest absolute Gasteiger partial charge is 0.450 e. The molecule has 4 aliphatic carbocycles. The molecule has 4 aliphatic rings. The van der Waals surface area contributed by atoms with Crippen LogP contribution in [-0.4, -0.2) is 46.4 Å². The van der Waals surface area contributed by atoms with Crippen LogP contribution >= 0.6 is 11.6 Å². The highest BCUT2D eigenvalue weighted by atomic mass is 35.5. The summed E-state index contributed by atoms with van der Waals surface area (Å²) in [5.41, 5.74) is -3.84. The molecule has 5 nitrogen and oxygen atoms in total. The quantitative estimate of drug-likeness (QED) is 0.476. The highest BCUT2D eigenvalue weighted by molar-refractivity contribution is 6.29. The van der Waals surface area contributed by atoms with Gasteiger partial charge in [-0.3, -0.25) is 14.4 Å². The number of aliphatic hydroxyl groups is 1. The summed E-state index contributed by atoms with van der Waals surface area (Å²) in [5, 5.41) is 11.5. The number of hydrogen-bond donors (Lipinski definition) is 1. The van der Waals surface area contributed by atoms with E-state index in [-0.39, 0.29) is 42.6 Å². The number of allylic oxidation sites excluding steroid dienone is 4. The Kier molecular flexibility index (Phi) is 5.93. The topological polar surface area (TPSA) is 80.7 Å². The Labute approximate surface area is 197 Å². The van der Waals surface area contributed by atoms with Gasteiger partial charge < -0.3 is 9.84 Å². The summed E-state index contributed by atoms with van der Waals surface area (Å²) in [7, 11) is 0. The lowest BCUT2D eigenvalue weighted by Crippen LogP contribution is -2.64. The van der Waals surface area contributed by atoms with Gasteiger partial charge in [-0.1, -0.05) is 33.8 Å². The van der Waals surface area contributed by atoms with E-state index in [4.69, 9.17) is 16.3 Å². The number of rotatable bonds is 4. The number of alkyl halides is 2. The number of halogens is 3. The van der Waals surface area contributed by atoms with Gasteiger partial charge >= 0.3 is 5.97 Å². The van der Waals surface area contributed by atoms with E-state index in [2.05, 4.69) is 0 Å². The lowest BCUT2D eigenvalue weighted by Gasteiger charge is -2.60. The van der Waals surface area contributed by atoms with Gasteiger partial charge in [0.15, 0.2) is 17.2 Å². The summed E-state index contributed by atoms with van der Waals surface area (Å²) in [6.07, 6.45) is 0.543. The van der Waals surface area contributed by atoms with Crippen LogP contribution in [0.1, 0.15) is 53.4 Å². The summed E-state index contributed by atoms with van der Waals surface area (Å²) >= 11 is 5.99. The molecular weight excluding hydrogens is 454 g/mol. The highest BCUT2D eigenvalue weighted by Gasteiger charge is 2.73. The number of fused-ring (bicyclic) bond motifs is 5. The number of ether oxygens (including phenoxy) is 1. The molecule has 8 heteroatoms. The Morgan fingerprint density at radius 3 is 2.58 bits per heavy atom. The minimum Gasteiger partial charge on any atom is -0.450 e. The van der Waals surface area contributed by atoms with Crippen LogP contribution in [-0.2, 0) is 19.1 Å². The van der Waals surface area contributed by atoms with E-state index in [9.17, 15) is 23.9 Å². The average molecular weight is 485 g/mol. The maximum Gasteiger partial charge on any atom is 0.306 e. The number of aliphatic hydroxyl groups excluding tert-OH is 1. The van der Waals surface area contributed by atoms with Crippen molar-refractivity contribution in [3.63, 3.8) is 0 Å². The van der Waals surface area contributed by atoms with Crippen molar-refractivity contribution in [3.8, 4) is 0 Å². The van der Waals surface area contributed by atoms with Crippen LogP contribution in [0.5, 0.6) is 0 Å². The molecule has 9 atom stereocenters. The lowest BCUT2D eigenvalue weighted by atomic mass is 9.45. The first-order chi connectivity index (χ1) is 15.4. The number of carbonyl (C=O) groups is 3. The highest BCUT2D eigenvalue weighted by Crippen LogP contribution is 2.69. The van der Waals surface area contributed by atoms with Gasteiger partial charge in [-0.05, 0) is 37.2 Å². The number of Topliss-reactive ketones (excluding diaryl/α,β-unsaturated/α-hetero) is 1. The average Bonchev–Trinajstić information content (AvgIpc) is 2.97. The van der Waals surface area contributed by atoms with E-state index in [1.54, 1.807) is 13.8 Å². The van der Waals surface area contributed by atoms with Crippen molar-refractivity contribution in [1.82, 2.24) is 0 Å². The third kappa shape index (κ3) is 3.07. The minimum absolute atomic E-state index is 0.0684. The zero-order valence-corrected chi connectivity index (χ0v) is 20.1. The second kappa shape index (κ2) is 7.98. The molecule has 0 aromatic carbocycles. The second-order valence-corrected chi connectivity index (χ2v) is 10.9. The molecule has 0 aromatic rings. The Bertz CT molecular complexity index is 962. The monoisotopic (exact) mass is 484 g/mol. The molecule has 1 N–H and O–H groups in total. The third-order valence-electron chi connectivity index (χ3n) is 9.19. The van der Waals surface area contributed by atoms with Crippen LogP contribution < -0.4 is 0 Å². The van der Waals surface area contributed by atoms with Crippen LogP contribution in [0.4, 0.5) is 8.78 Å². The SMILES string of the molecule is CCC(=O)O[C@@]1(C(=O)CCl)[C@@H](C)C[C@H]2[C@@H]3C[C@H](F)C4=C(F)C(=O)C=C[C@]4(C)[C@H]3[C@@H](O)C[C@@]21C. The van der Waals surface area contributed by atoms with Crippen LogP contribution in [0.25, 0.3) is 0 Å². The maximum absolute atomic E-state index is 15.5. The molecule has 0 saturated heterocycles. The Hall–Kier alpha value is -1.60. The summed E-state index contributed by atoms with van der Waals surface area (Å²) in [5.74, 6) is -4.81. The van der Waals surface area contributed by atoms with Crippen LogP contribution in [0.3, 0.4) is 0 Å². The minimum atomic E-state index is -1.69. The van der Waals surface area contributed by atoms with Gasteiger partial charge in [0.25, 0.3) is 0 Å². The van der Waals surface area contributed by atoms with E-state index in [0.717, 1.165) is 6.08 Å². The molecule has 3 fully saturated rings. The smallest absolute Gasteiger partial charge is 0.306 e. The van der Waals surface area contributed by atoms with Gasteiger partial charge in [-0.2, -0.15) is 0 Å². The standard InChI is InChI=1S/C25H31ClF2O5/c1-5-19(32)33-25(18(31)11-26)12(2)8-14-13-9-15(27)21-22(28)16(29)6-7-23(21,3)20(13)17(30)10-24(14,25)4/h6-7,12-15,17,20,30H,5,8-11H2,1-4H3/t12-,13-,14-,15-,17-,20+,23+,24-,25+/m0/s1. The third-order valence-corrected chi connectivity index (χ3v) is 9.43. The molecule has 0 spiro atoms. The van der Waals surface area contributed by atoms with Crippen LogP contribution in [0.2, 0.25) is 0 Å². The second-order valence-electron chi connectivity index (χ2n) is 10.7. The molecule has 0 aliphatic heterocycles. The van der Waals surface area contributed by atoms with E-state index < -0.39 is 63.9 Å². The first-order valence-electron chi connectivity index (χ1n) is 11.7. The molecule has 0 heterocycles. The van der Waals surface area contributed by atoms with Crippen LogP contribution in [0.15, 0.2) is 23.6 Å². The van der Waals surface area contributed by atoms with Crippen molar-refractivity contribution in [3.05, 3.63) is 23.6 Å². The number of ketones is 2. The van der Waals surface area contributed by atoms with Gasteiger partial charge in [-0.15, -0.1) is 11.6 Å². The van der Waals surface area contributed by atoms with Gasteiger partial charge in [0.1, 0.15) is 6.17 Å². The molecule has 182 valence electrons. The maximum atomic E-state index is 15.5.